The van der Waals surface area contributed by atoms with Crippen LogP contribution in [-0.4, -0.2) is 23.9 Å². The lowest BCUT2D eigenvalue weighted by molar-refractivity contribution is -0.130. The number of anilines is 2. The third kappa shape index (κ3) is 3.63. The van der Waals surface area contributed by atoms with Gasteiger partial charge in [-0.3, -0.25) is 9.69 Å². The van der Waals surface area contributed by atoms with E-state index in [1.807, 2.05) is 12.1 Å². The molecule has 3 atom stereocenters. The number of ether oxygens (including phenoxy) is 2. The zero-order chi connectivity index (χ0) is 24.0. The highest BCUT2D eigenvalue weighted by atomic mass is 35.5. The molecular weight excluding hydrogens is 477 g/mol. The van der Waals surface area contributed by atoms with Crippen LogP contribution in [0.1, 0.15) is 18.5 Å². The Kier molecular flexibility index (Phi) is 5.58. The zero-order valence-electron chi connectivity index (χ0n) is 18.3. The lowest BCUT2D eigenvalue weighted by Gasteiger charge is -2.56. The average Bonchev–Trinajstić information content (AvgIpc) is 2.79. The van der Waals surface area contributed by atoms with Gasteiger partial charge in [0, 0.05) is 22.0 Å². The van der Waals surface area contributed by atoms with Crippen LogP contribution >= 0.6 is 23.8 Å². The van der Waals surface area contributed by atoms with Gasteiger partial charge in [-0.15, -0.1) is 0 Å². The molecule has 1 saturated heterocycles. The van der Waals surface area contributed by atoms with E-state index in [0.29, 0.717) is 33.0 Å². The topological polar surface area (TPSA) is 62.8 Å². The number of amides is 1. The Labute approximate surface area is 206 Å². The van der Waals surface area contributed by atoms with E-state index in [4.69, 9.17) is 33.3 Å². The molecule has 9 heteroatoms. The Hall–Kier alpha value is -3.36. The van der Waals surface area contributed by atoms with E-state index < -0.39 is 23.5 Å². The molecule has 174 valence electrons. The summed E-state index contributed by atoms with van der Waals surface area (Å²) in [6.07, 6.45) is 0. The molecule has 2 bridgehead atoms. The quantitative estimate of drug-likeness (QED) is 0.478. The number of hydrogen-bond acceptors (Lipinski definition) is 4. The minimum atomic E-state index is -1.29. The van der Waals surface area contributed by atoms with E-state index in [-0.39, 0.29) is 5.91 Å². The lowest BCUT2D eigenvalue weighted by Crippen LogP contribution is -2.72. The van der Waals surface area contributed by atoms with Crippen molar-refractivity contribution in [3.63, 3.8) is 0 Å². The Balaban J connectivity index is 1.65. The largest absolute Gasteiger partial charge is 0.493 e. The van der Waals surface area contributed by atoms with Crippen LogP contribution in [0, 0.1) is 11.7 Å². The van der Waals surface area contributed by atoms with Gasteiger partial charge in [0.15, 0.2) is 22.3 Å². The molecule has 0 spiro atoms. The molecule has 3 aromatic rings. The van der Waals surface area contributed by atoms with Crippen LogP contribution in [0.15, 0.2) is 66.7 Å². The van der Waals surface area contributed by atoms with Crippen molar-refractivity contribution in [3.05, 3.63) is 83.1 Å². The Bertz CT molecular complexity index is 1290. The molecule has 0 saturated carbocycles. The summed E-state index contributed by atoms with van der Waals surface area (Å²) in [7, 11) is 1.55. The van der Waals surface area contributed by atoms with Crippen LogP contribution in [0.25, 0.3) is 0 Å². The number of halogens is 2. The van der Waals surface area contributed by atoms with Gasteiger partial charge in [-0.2, -0.15) is 0 Å². The van der Waals surface area contributed by atoms with Gasteiger partial charge in [-0.1, -0.05) is 29.8 Å². The molecule has 1 amide bonds. The first-order valence-electron chi connectivity index (χ1n) is 10.6. The van der Waals surface area contributed by atoms with E-state index in [0.717, 1.165) is 5.56 Å². The Morgan fingerprint density at radius 3 is 2.65 bits per heavy atom. The van der Waals surface area contributed by atoms with Crippen molar-refractivity contribution < 1.29 is 18.7 Å². The van der Waals surface area contributed by atoms with Crippen molar-refractivity contribution in [2.24, 2.45) is 5.92 Å². The number of benzene rings is 3. The van der Waals surface area contributed by atoms with Crippen LogP contribution in [-0.2, 0) is 4.79 Å². The SMILES string of the molecule is COc1cccc2c1OC1(C)C(C(=O)Nc3ccc(Cl)cc3)C2NC(=S)N1c1cccc(F)c1. The second-order valence-corrected chi connectivity index (χ2v) is 9.07. The van der Waals surface area contributed by atoms with Gasteiger partial charge < -0.3 is 20.1 Å². The maximum Gasteiger partial charge on any atom is 0.236 e. The van der Waals surface area contributed by atoms with Gasteiger partial charge >= 0.3 is 0 Å². The first-order valence-corrected chi connectivity index (χ1v) is 11.4. The summed E-state index contributed by atoms with van der Waals surface area (Å²) in [5.74, 6) is -0.456. The highest BCUT2D eigenvalue weighted by molar-refractivity contribution is 7.80. The third-order valence-corrected chi connectivity index (χ3v) is 6.72. The lowest BCUT2D eigenvalue weighted by atomic mass is 9.78. The molecule has 2 heterocycles. The monoisotopic (exact) mass is 497 g/mol. The summed E-state index contributed by atoms with van der Waals surface area (Å²) >= 11 is 11.7. The van der Waals surface area contributed by atoms with Gasteiger partial charge in [0.1, 0.15) is 11.7 Å². The smallest absolute Gasteiger partial charge is 0.236 e. The van der Waals surface area contributed by atoms with E-state index in [1.165, 1.54) is 12.1 Å². The van der Waals surface area contributed by atoms with Gasteiger partial charge in [-0.25, -0.2) is 4.39 Å². The molecule has 3 aromatic carbocycles. The minimum absolute atomic E-state index is 0.292. The van der Waals surface area contributed by atoms with Crippen molar-refractivity contribution in [2.45, 2.75) is 18.7 Å². The summed E-state index contributed by atoms with van der Waals surface area (Å²) in [5, 5.41) is 7.13. The van der Waals surface area contributed by atoms with E-state index in [2.05, 4.69) is 10.6 Å². The van der Waals surface area contributed by atoms with Crippen LogP contribution in [0.5, 0.6) is 11.5 Å². The summed E-state index contributed by atoms with van der Waals surface area (Å²) in [4.78, 5) is 15.4. The number of hydrogen-bond donors (Lipinski definition) is 2. The Morgan fingerprint density at radius 2 is 1.94 bits per heavy atom. The minimum Gasteiger partial charge on any atom is -0.493 e. The number of nitrogens with one attached hydrogen (secondary N) is 2. The summed E-state index contributed by atoms with van der Waals surface area (Å²) in [6, 6.07) is 17.8. The van der Waals surface area contributed by atoms with E-state index >= 15 is 0 Å². The number of fused-ring (bicyclic) bond motifs is 4. The highest BCUT2D eigenvalue weighted by Gasteiger charge is 2.59. The van der Waals surface area contributed by atoms with Crippen molar-refractivity contribution >= 4 is 46.2 Å². The normalized spacial score (nSPS) is 22.8. The number of carbonyl (C=O) groups is 1. The fraction of sp³-hybridized carbons (Fsp3) is 0.200. The maximum atomic E-state index is 14.2. The Morgan fingerprint density at radius 1 is 1.21 bits per heavy atom. The van der Waals surface area contributed by atoms with Crippen molar-refractivity contribution in [1.82, 2.24) is 5.32 Å². The second kappa shape index (κ2) is 8.45. The van der Waals surface area contributed by atoms with Crippen LogP contribution < -0.4 is 25.0 Å². The average molecular weight is 498 g/mol. The van der Waals surface area contributed by atoms with Crippen molar-refractivity contribution in [3.8, 4) is 11.5 Å². The highest BCUT2D eigenvalue weighted by Crippen LogP contribution is 2.52. The molecule has 0 radical (unpaired) electrons. The standard InChI is InChI=1S/C25H21ClFN3O3S/c1-25-20(23(31)28-16-11-9-14(26)10-12-16)21(18-7-4-8-19(32-2)22(18)33-25)29-24(34)30(25)17-6-3-5-15(27)13-17/h3-13,20-21H,1-2H3,(H,28,31)(H,29,34). The fourth-order valence-corrected chi connectivity index (χ4v) is 5.23. The van der Waals surface area contributed by atoms with Crippen molar-refractivity contribution in [1.29, 1.82) is 0 Å². The van der Waals surface area contributed by atoms with Crippen molar-refractivity contribution in [2.75, 3.05) is 17.3 Å². The molecule has 6 nitrogen and oxygen atoms in total. The van der Waals surface area contributed by atoms with Crippen LogP contribution in [0.2, 0.25) is 5.02 Å². The summed E-state index contributed by atoms with van der Waals surface area (Å²) in [6.45, 7) is 1.78. The molecule has 34 heavy (non-hydrogen) atoms. The summed E-state index contributed by atoms with van der Waals surface area (Å²) in [5.41, 5.74) is 0.502. The summed E-state index contributed by atoms with van der Waals surface area (Å²) < 4.78 is 26.3. The van der Waals surface area contributed by atoms with Gasteiger partial charge in [-0.05, 0) is 67.7 Å². The second-order valence-electron chi connectivity index (χ2n) is 8.25. The van der Waals surface area contributed by atoms with E-state index in [9.17, 15) is 9.18 Å². The number of rotatable bonds is 4. The predicted octanol–water partition coefficient (Wildman–Crippen LogP) is 5.29. The maximum absolute atomic E-state index is 14.2. The fourth-order valence-electron chi connectivity index (χ4n) is 4.69. The molecule has 1 fully saturated rings. The number of nitrogens with zero attached hydrogens (tertiary/aromatic N) is 1. The zero-order valence-corrected chi connectivity index (χ0v) is 19.9. The van der Waals surface area contributed by atoms with Gasteiger partial charge in [0.2, 0.25) is 5.91 Å². The number of thiocarbonyl (C=S) groups is 1. The molecular formula is C25H21ClFN3O3S. The van der Waals surface area contributed by atoms with E-state index in [1.54, 1.807) is 61.4 Å². The predicted molar refractivity (Wildman–Crippen MR) is 133 cm³/mol. The molecule has 0 aliphatic carbocycles. The third-order valence-electron chi connectivity index (χ3n) is 6.17. The molecule has 2 aliphatic heterocycles. The number of para-hydroxylation sites is 1. The van der Waals surface area contributed by atoms with Gasteiger partial charge in [0.05, 0.1) is 13.2 Å². The first kappa shape index (κ1) is 22.4. The van der Waals surface area contributed by atoms with Gasteiger partial charge in [0.25, 0.3) is 0 Å². The first-order chi connectivity index (χ1) is 16.3. The molecule has 0 aromatic heterocycles. The molecule has 5 rings (SSSR count). The number of methoxy groups -OCH3 is 1. The van der Waals surface area contributed by atoms with Crippen LogP contribution in [0.4, 0.5) is 15.8 Å². The molecule has 2 aliphatic rings. The molecule has 3 unspecified atom stereocenters. The number of carbonyl (C=O) groups excluding carboxylic acids is 1. The van der Waals surface area contributed by atoms with Crippen LogP contribution in [0.3, 0.4) is 0 Å². The molecule has 2 N–H and O–H groups in total.